The van der Waals surface area contributed by atoms with E-state index in [9.17, 15) is 4.79 Å². The molecule has 3 aromatic rings. The first kappa shape index (κ1) is 23.5. The van der Waals surface area contributed by atoms with Gasteiger partial charge in [-0.25, -0.2) is 4.79 Å². The van der Waals surface area contributed by atoms with E-state index >= 15 is 0 Å². The molecule has 1 heterocycles. The van der Waals surface area contributed by atoms with Gasteiger partial charge in [0.25, 0.3) is 0 Å². The molecular weight excluding hydrogens is 398 g/mol. The molecule has 4 nitrogen and oxygen atoms in total. The first-order valence-corrected chi connectivity index (χ1v) is 11.6. The lowest BCUT2D eigenvalue weighted by molar-refractivity contribution is 0.0337. The highest BCUT2D eigenvalue weighted by atomic mass is 16.5. The summed E-state index contributed by atoms with van der Waals surface area (Å²) in [4.78, 5) is 16.5. The molecule has 0 aliphatic heterocycles. The van der Waals surface area contributed by atoms with E-state index in [2.05, 4.69) is 11.9 Å². The summed E-state index contributed by atoms with van der Waals surface area (Å²) in [6, 6.07) is 19.3. The Kier molecular flexibility index (Phi) is 9.30. The van der Waals surface area contributed by atoms with Gasteiger partial charge in [-0.2, -0.15) is 0 Å². The fourth-order valence-corrected chi connectivity index (χ4v) is 3.53. The van der Waals surface area contributed by atoms with Crippen LogP contribution in [0, 0.1) is 0 Å². The van der Waals surface area contributed by atoms with Crippen molar-refractivity contribution in [3.8, 4) is 16.9 Å². The van der Waals surface area contributed by atoms with E-state index in [0.29, 0.717) is 5.56 Å². The summed E-state index contributed by atoms with van der Waals surface area (Å²) in [5.74, 6) is 0.554. The second kappa shape index (κ2) is 12.7. The predicted octanol–water partition coefficient (Wildman–Crippen LogP) is 7.41. The van der Waals surface area contributed by atoms with Crippen molar-refractivity contribution in [1.29, 1.82) is 0 Å². The Labute approximate surface area is 191 Å². The van der Waals surface area contributed by atoms with Crippen LogP contribution in [0.3, 0.4) is 0 Å². The van der Waals surface area contributed by atoms with Gasteiger partial charge in [-0.05, 0) is 54.8 Å². The van der Waals surface area contributed by atoms with Crippen molar-refractivity contribution in [3.05, 3.63) is 84.2 Å². The maximum Gasteiger partial charge on any atom is 0.338 e. The van der Waals surface area contributed by atoms with Crippen molar-refractivity contribution in [3.63, 3.8) is 0 Å². The number of aromatic nitrogens is 1. The molecule has 0 saturated carbocycles. The number of carbonyl (C=O) groups excluding carboxylic acids is 1. The van der Waals surface area contributed by atoms with Gasteiger partial charge in [0.2, 0.25) is 0 Å². The van der Waals surface area contributed by atoms with Crippen LogP contribution in [0.25, 0.3) is 11.1 Å². The summed E-state index contributed by atoms with van der Waals surface area (Å²) in [6.07, 6.45) is 10.6. The van der Waals surface area contributed by atoms with Crippen molar-refractivity contribution in [2.45, 2.75) is 58.5 Å². The number of hydrogen-bond donors (Lipinski definition) is 0. The minimum absolute atomic E-state index is 0.341. The largest absolute Gasteiger partial charge is 0.494 e. The minimum Gasteiger partial charge on any atom is -0.494 e. The number of rotatable bonds is 12. The Morgan fingerprint density at radius 3 is 2.19 bits per heavy atom. The van der Waals surface area contributed by atoms with Crippen molar-refractivity contribution >= 4 is 5.97 Å². The lowest BCUT2D eigenvalue weighted by atomic mass is 10.0. The van der Waals surface area contributed by atoms with Crippen molar-refractivity contribution in [2.75, 3.05) is 6.61 Å². The fraction of sp³-hybridized carbons (Fsp3) is 0.357. The lowest BCUT2D eigenvalue weighted by Crippen LogP contribution is -2.09. The maximum absolute atomic E-state index is 12.5. The molecule has 0 aliphatic carbocycles. The summed E-state index contributed by atoms with van der Waals surface area (Å²) in [5.41, 5.74) is 3.53. The molecule has 3 rings (SSSR count). The molecule has 0 aliphatic rings. The highest BCUT2D eigenvalue weighted by Crippen LogP contribution is 2.24. The van der Waals surface area contributed by atoms with Gasteiger partial charge in [-0.3, -0.25) is 4.98 Å². The van der Waals surface area contributed by atoms with Crippen LogP contribution in [-0.4, -0.2) is 17.6 Å². The Balaban J connectivity index is 1.48. The van der Waals surface area contributed by atoms with E-state index in [-0.39, 0.29) is 12.1 Å². The Morgan fingerprint density at radius 1 is 0.875 bits per heavy atom. The van der Waals surface area contributed by atoms with Crippen LogP contribution in [0.1, 0.15) is 74.4 Å². The summed E-state index contributed by atoms with van der Waals surface area (Å²) < 4.78 is 11.4. The second-order valence-electron chi connectivity index (χ2n) is 8.05. The summed E-state index contributed by atoms with van der Waals surface area (Å²) in [6.45, 7) is 4.85. The summed E-state index contributed by atoms with van der Waals surface area (Å²) in [7, 11) is 0. The normalized spacial score (nSPS) is 11.7. The van der Waals surface area contributed by atoms with Gasteiger partial charge in [0.1, 0.15) is 11.9 Å². The van der Waals surface area contributed by atoms with E-state index in [1.54, 1.807) is 24.5 Å². The number of carbonyl (C=O) groups is 1. The van der Waals surface area contributed by atoms with E-state index in [1.165, 1.54) is 32.1 Å². The van der Waals surface area contributed by atoms with Crippen LogP contribution in [0.4, 0.5) is 0 Å². The van der Waals surface area contributed by atoms with Crippen LogP contribution < -0.4 is 4.74 Å². The van der Waals surface area contributed by atoms with Gasteiger partial charge in [0.05, 0.1) is 12.2 Å². The Morgan fingerprint density at radius 2 is 1.53 bits per heavy atom. The number of nitrogens with zero attached hydrogens (tertiary/aromatic N) is 1. The van der Waals surface area contributed by atoms with Crippen molar-refractivity contribution < 1.29 is 14.3 Å². The van der Waals surface area contributed by atoms with Crippen molar-refractivity contribution in [1.82, 2.24) is 4.98 Å². The molecular formula is C28H33NO3. The third kappa shape index (κ3) is 7.23. The molecule has 0 saturated heterocycles. The molecule has 1 atom stereocenters. The van der Waals surface area contributed by atoms with Gasteiger partial charge in [-0.1, -0.05) is 69.4 Å². The Bertz CT molecular complexity index is 937. The SMILES string of the molecule is CCCCCCCCOc1ccc(-c2ccc(C(=O)O[C@@H](C)c3cccnc3)cc2)cc1. The number of pyridine rings is 1. The van der Waals surface area contributed by atoms with Gasteiger partial charge < -0.3 is 9.47 Å². The molecule has 1 aromatic heterocycles. The molecule has 0 unspecified atom stereocenters. The zero-order valence-corrected chi connectivity index (χ0v) is 19.1. The average molecular weight is 432 g/mol. The average Bonchev–Trinajstić information content (AvgIpc) is 2.84. The predicted molar refractivity (Wildman–Crippen MR) is 129 cm³/mol. The minimum atomic E-state index is -0.347. The van der Waals surface area contributed by atoms with E-state index in [1.807, 2.05) is 55.5 Å². The standard InChI is InChI=1S/C28H33NO3/c1-3-4-5-6-7-8-20-31-27-17-15-24(16-18-27)23-11-13-25(14-12-23)28(30)32-22(2)26-10-9-19-29-21-26/h9-19,21-22H,3-8,20H2,1-2H3/t22-/m0/s1. The topological polar surface area (TPSA) is 48.4 Å². The number of ether oxygens (including phenoxy) is 2. The summed E-state index contributed by atoms with van der Waals surface area (Å²) >= 11 is 0. The zero-order chi connectivity index (χ0) is 22.6. The smallest absolute Gasteiger partial charge is 0.338 e. The summed E-state index contributed by atoms with van der Waals surface area (Å²) in [5, 5.41) is 0. The maximum atomic E-state index is 12.5. The first-order chi connectivity index (χ1) is 15.7. The quantitative estimate of drug-likeness (QED) is 0.221. The van der Waals surface area contributed by atoms with Gasteiger partial charge in [0, 0.05) is 18.0 Å². The molecule has 0 radical (unpaired) electrons. The van der Waals surface area contributed by atoms with Crippen LogP contribution in [0.15, 0.2) is 73.1 Å². The van der Waals surface area contributed by atoms with Crippen LogP contribution in [-0.2, 0) is 4.74 Å². The van der Waals surface area contributed by atoms with Crippen LogP contribution in [0.2, 0.25) is 0 Å². The molecule has 0 bridgehead atoms. The van der Waals surface area contributed by atoms with E-state index in [0.717, 1.165) is 35.5 Å². The molecule has 0 amide bonds. The number of esters is 1. The monoisotopic (exact) mass is 431 g/mol. The van der Waals surface area contributed by atoms with Gasteiger partial charge in [-0.15, -0.1) is 0 Å². The highest BCUT2D eigenvalue weighted by Gasteiger charge is 2.14. The van der Waals surface area contributed by atoms with Gasteiger partial charge >= 0.3 is 5.97 Å². The molecule has 0 N–H and O–H groups in total. The fourth-order valence-electron chi connectivity index (χ4n) is 3.53. The van der Waals surface area contributed by atoms with Crippen molar-refractivity contribution in [2.24, 2.45) is 0 Å². The lowest BCUT2D eigenvalue weighted by Gasteiger charge is -2.13. The number of hydrogen-bond acceptors (Lipinski definition) is 4. The highest BCUT2D eigenvalue weighted by molar-refractivity contribution is 5.90. The second-order valence-corrected chi connectivity index (χ2v) is 8.05. The molecule has 32 heavy (non-hydrogen) atoms. The first-order valence-electron chi connectivity index (χ1n) is 11.6. The third-order valence-electron chi connectivity index (χ3n) is 5.51. The molecule has 0 fully saturated rings. The van der Waals surface area contributed by atoms with E-state index in [4.69, 9.17) is 9.47 Å². The van der Waals surface area contributed by atoms with Crippen LogP contribution in [0.5, 0.6) is 5.75 Å². The molecule has 2 aromatic carbocycles. The third-order valence-corrected chi connectivity index (χ3v) is 5.51. The number of unbranched alkanes of at least 4 members (excludes halogenated alkanes) is 5. The molecule has 0 spiro atoms. The van der Waals surface area contributed by atoms with Crippen LogP contribution >= 0.6 is 0 Å². The molecule has 168 valence electrons. The zero-order valence-electron chi connectivity index (χ0n) is 19.1. The number of benzene rings is 2. The Hall–Kier alpha value is -3.14. The van der Waals surface area contributed by atoms with E-state index < -0.39 is 0 Å². The van der Waals surface area contributed by atoms with Gasteiger partial charge in [0.15, 0.2) is 0 Å². The molecule has 4 heteroatoms.